The van der Waals surface area contributed by atoms with Gasteiger partial charge in [0, 0.05) is 13.1 Å². The number of hydrogen-bond acceptors (Lipinski definition) is 3. The Morgan fingerprint density at radius 1 is 1.31 bits per heavy atom. The normalized spacial score (nSPS) is 27.6. The third-order valence-corrected chi connectivity index (χ3v) is 2.92. The smallest absolute Gasteiger partial charge is 0.108 e. The number of nitriles is 1. The van der Waals surface area contributed by atoms with Crippen molar-refractivity contribution in [1.82, 2.24) is 4.90 Å². The zero-order valence-electron chi connectivity index (χ0n) is 8.67. The molecule has 3 nitrogen and oxygen atoms in total. The van der Waals surface area contributed by atoms with Crippen LogP contribution >= 0.6 is 0 Å². The van der Waals surface area contributed by atoms with E-state index in [0.717, 1.165) is 12.8 Å². The zero-order chi connectivity index (χ0) is 10.1. The molecule has 0 aromatic carbocycles. The van der Waals surface area contributed by atoms with Gasteiger partial charge in [0.1, 0.15) is 5.60 Å². The van der Waals surface area contributed by atoms with Crippen molar-refractivity contribution in [3.05, 3.63) is 0 Å². The molecular formula is C10H18N2O. The molecular weight excluding hydrogens is 164 g/mol. The molecule has 0 unspecified atom stereocenters. The van der Waals surface area contributed by atoms with Gasteiger partial charge in [0.25, 0.3) is 0 Å². The molecule has 1 saturated heterocycles. The highest BCUT2D eigenvalue weighted by Gasteiger charge is 2.63. The first-order valence-electron chi connectivity index (χ1n) is 4.94. The van der Waals surface area contributed by atoms with Gasteiger partial charge in [0.05, 0.1) is 11.5 Å². The van der Waals surface area contributed by atoms with Gasteiger partial charge in [-0.15, -0.1) is 0 Å². The van der Waals surface area contributed by atoms with E-state index in [0.29, 0.717) is 13.1 Å². The Labute approximate surface area is 80.0 Å². The van der Waals surface area contributed by atoms with E-state index in [1.54, 1.807) is 0 Å². The lowest BCUT2D eigenvalue weighted by Gasteiger charge is -2.47. The first-order chi connectivity index (χ1) is 6.12. The third-order valence-electron chi connectivity index (χ3n) is 2.92. The molecule has 2 aliphatic rings. The minimum Gasteiger partial charge on any atom is -0.386 e. The second-order valence-electron chi connectivity index (χ2n) is 3.90. The highest BCUT2D eigenvalue weighted by molar-refractivity contribution is 5.24. The summed E-state index contributed by atoms with van der Waals surface area (Å²) in [4.78, 5) is 2.04. The molecule has 1 heterocycles. The van der Waals surface area contributed by atoms with E-state index in [-0.39, 0.29) is 5.41 Å². The summed E-state index contributed by atoms with van der Waals surface area (Å²) < 4.78 is 0. The first kappa shape index (κ1) is 10.5. The quantitative estimate of drug-likeness (QED) is 0.658. The van der Waals surface area contributed by atoms with E-state index < -0.39 is 5.60 Å². The van der Waals surface area contributed by atoms with Crippen LogP contribution < -0.4 is 0 Å². The molecule has 1 aliphatic carbocycles. The molecule has 0 amide bonds. The van der Waals surface area contributed by atoms with Crippen LogP contribution in [0.2, 0.25) is 0 Å². The number of aliphatic hydroxyl groups is 1. The van der Waals surface area contributed by atoms with Gasteiger partial charge in [-0.2, -0.15) is 5.26 Å². The van der Waals surface area contributed by atoms with E-state index in [1.165, 1.54) is 0 Å². The van der Waals surface area contributed by atoms with Crippen molar-refractivity contribution in [2.45, 2.75) is 32.3 Å². The fourth-order valence-corrected chi connectivity index (χ4v) is 1.96. The summed E-state index contributed by atoms with van der Waals surface area (Å²) in [7, 11) is 1.96. The second-order valence-corrected chi connectivity index (χ2v) is 3.90. The van der Waals surface area contributed by atoms with Crippen LogP contribution in [-0.4, -0.2) is 35.7 Å². The van der Waals surface area contributed by atoms with E-state index in [1.807, 2.05) is 25.8 Å². The van der Waals surface area contributed by atoms with Crippen molar-refractivity contribution in [1.29, 1.82) is 5.26 Å². The van der Waals surface area contributed by atoms with Crippen LogP contribution in [0.25, 0.3) is 0 Å². The summed E-state index contributed by atoms with van der Waals surface area (Å²) in [5.41, 5.74) is -1.06. The fraction of sp³-hybridized carbons (Fsp3) is 0.900. The number of nitrogens with zero attached hydrogens (tertiary/aromatic N) is 2. The van der Waals surface area contributed by atoms with Crippen LogP contribution in [0, 0.1) is 16.7 Å². The number of hydrogen-bond donors (Lipinski definition) is 1. The van der Waals surface area contributed by atoms with Crippen LogP contribution in [0.4, 0.5) is 0 Å². The van der Waals surface area contributed by atoms with Gasteiger partial charge in [-0.3, -0.25) is 0 Å². The van der Waals surface area contributed by atoms with Gasteiger partial charge in [0.2, 0.25) is 0 Å². The van der Waals surface area contributed by atoms with Crippen molar-refractivity contribution in [3.8, 4) is 6.07 Å². The molecule has 0 bridgehead atoms. The molecule has 13 heavy (non-hydrogen) atoms. The molecule has 2 rings (SSSR count). The highest BCUT2D eigenvalue weighted by Crippen LogP contribution is 2.56. The van der Waals surface area contributed by atoms with Crippen molar-refractivity contribution in [2.75, 3.05) is 20.1 Å². The molecule has 0 aromatic heterocycles. The summed E-state index contributed by atoms with van der Waals surface area (Å²) in [6.45, 7) is 5.33. The van der Waals surface area contributed by atoms with Gasteiger partial charge in [-0.1, -0.05) is 13.8 Å². The molecule has 0 radical (unpaired) electrons. The molecule has 0 spiro atoms. The summed E-state index contributed by atoms with van der Waals surface area (Å²) in [6, 6.07) is 2.24. The Balaban J connectivity index is 0.000000396. The number of likely N-dealkylation sites (N-methyl/N-ethyl adjacent to an activating group) is 1. The fourth-order valence-electron chi connectivity index (χ4n) is 1.96. The van der Waals surface area contributed by atoms with Crippen LogP contribution in [0.3, 0.4) is 0 Å². The molecule has 0 atom stereocenters. The Morgan fingerprint density at radius 2 is 1.77 bits per heavy atom. The second kappa shape index (κ2) is 3.28. The van der Waals surface area contributed by atoms with Crippen LogP contribution in [0.15, 0.2) is 0 Å². The van der Waals surface area contributed by atoms with Crippen molar-refractivity contribution < 1.29 is 5.11 Å². The lowest BCUT2D eigenvalue weighted by atomic mass is 9.79. The highest BCUT2D eigenvalue weighted by atomic mass is 16.3. The lowest BCUT2D eigenvalue weighted by Crippen LogP contribution is -2.64. The largest absolute Gasteiger partial charge is 0.386 e. The maximum Gasteiger partial charge on any atom is 0.108 e. The number of β-amino-alcohol motifs (C(OH)–C–C–N with tert-alkyl or cyclic N) is 1. The van der Waals surface area contributed by atoms with Crippen LogP contribution in [0.5, 0.6) is 0 Å². The maximum atomic E-state index is 9.91. The van der Waals surface area contributed by atoms with Gasteiger partial charge in [0.15, 0.2) is 0 Å². The van der Waals surface area contributed by atoms with E-state index in [2.05, 4.69) is 6.07 Å². The maximum absolute atomic E-state index is 9.91. The average Bonchev–Trinajstić information content (AvgIpc) is 2.86. The topological polar surface area (TPSA) is 47.3 Å². The number of likely N-dealkylation sites (tertiary alicyclic amines) is 1. The van der Waals surface area contributed by atoms with Gasteiger partial charge in [-0.25, -0.2) is 0 Å². The summed E-state index contributed by atoms with van der Waals surface area (Å²) >= 11 is 0. The number of rotatable bonds is 1. The molecule has 1 aliphatic heterocycles. The average molecular weight is 182 g/mol. The predicted octanol–water partition coefficient (Wildman–Crippen LogP) is 0.993. The summed E-state index contributed by atoms with van der Waals surface area (Å²) in [5.74, 6) is 0. The van der Waals surface area contributed by atoms with E-state index >= 15 is 0 Å². The van der Waals surface area contributed by atoms with Gasteiger partial charge < -0.3 is 10.0 Å². The molecule has 2 fully saturated rings. The monoisotopic (exact) mass is 182 g/mol. The van der Waals surface area contributed by atoms with Gasteiger partial charge >= 0.3 is 0 Å². The summed E-state index contributed by atoms with van der Waals surface area (Å²) in [6.07, 6.45) is 1.77. The Hall–Kier alpha value is -0.590. The molecule has 74 valence electrons. The van der Waals surface area contributed by atoms with Crippen molar-refractivity contribution in [3.63, 3.8) is 0 Å². The minimum absolute atomic E-state index is 0.375. The summed E-state index contributed by atoms with van der Waals surface area (Å²) in [5, 5.41) is 18.7. The Kier molecular flexibility index (Phi) is 2.65. The zero-order valence-corrected chi connectivity index (χ0v) is 8.67. The predicted molar refractivity (Wildman–Crippen MR) is 51.1 cm³/mol. The first-order valence-corrected chi connectivity index (χ1v) is 4.94. The minimum atomic E-state index is -0.684. The molecule has 3 heteroatoms. The molecule has 1 N–H and O–H groups in total. The SMILES string of the molecule is CC.CN1CC(O)(C2(C#N)CC2)C1. The van der Waals surface area contributed by atoms with E-state index in [9.17, 15) is 5.11 Å². The lowest BCUT2D eigenvalue weighted by molar-refractivity contribution is -0.121. The van der Waals surface area contributed by atoms with Crippen LogP contribution in [-0.2, 0) is 0 Å². The van der Waals surface area contributed by atoms with Crippen molar-refractivity contribution >= 4 is 0 Å². The third kappa shape index (κ3) is 1.45. The van der Waals surface area contributed by atoms with Crippen molar-refractivity contribution in [2.24, 2.45) is 5.41 Å². The van der Waals surface area contributed by atoms with Gasteiger partial charge in [-0.05, 0) is 19.9 Å². The Bertz CT molecular complexity index is 222. The Morgan fingerprint density at radius 3 is 2.00 bits per heavy atom. The van der Waals surface area contributed by atoms with E-state index in [4.69, 9.17) is 5.26 Å². The van der Waals surface area contributed by atoms with Crippen LogP contribution in [0.1, 0.15) is 26.7 Å². The standard InChI is InChI=1S/C8H12N2O.C2H6/c1-10-5-8(11,6-10)7(4-9)2-3-7;1-2/h11H,2-3,5-6H2,1H3;1-2H3. The molecule has 1 saturated carbocycles. The molecule has 0 aromatic rings.